The molecule has 0 amide bonds. The number of rotatable bonds is 3. The molecule has 0 saturated heterocycles. The molecule has 0 radical (unpaired) electrons. The summed E-state index contributed by atoms with van der Waals surface area (Å²) >= 11 is 0. The maximum atomic E-state index is 4.21. The first-order valence-electron chi connectivity index (χ1n) is 6.21. The summed E-state index contributed by atoms with van der Waals surface area (Å²) in [4.78, 5) is 0. The van der Waals surface area contributed by atoms with Gasteiger partial charge in [0.2, 0.25) is 0 Å². The Balaban J connectivity index is 1.71. The molecule has 0 bridgehead atoms. The third-order valence-electron chi connectivity index (χ3n) is 3.86. The van der Waals surface area contributed by atoms with Crippen LogP contribution >= 0.6 is 0 Å². The van der Waals surface area contributed by atoms with E-state index in [4.69, 9.17) is 0 Å². The first kappa shape index (κ1) is 10.1. The normalized spacial score (nSPS) is 33.5. The van der Waals surface area contributed by atoms with E-state index < -0.39 is 0 Å². The molecule has 0 aromatic rings. The van der Waals surface area contributed by atoms with E-state index in [1.54, 1.807) is 0 Å². The van der Waals surface area contributed by atoms with Crippen LogP contribution in [0, 0.1) is 11.8 Å². The molecule has 0 spiro atoms. The zero-order valence-electron chi connectivity index (χ0n) is 9.39. The molecule has 2 fully saturated rings. The molecule has 2 aliphatic rings. The fraction of sp³-hybridized carbons (Fsp3) is 0.846. The Morgan fingerprint density at radius 2 is 1.79 bits per heavy atom. The molecular weight excluding hydrogens is 170 g/mol. The van der Waals surface area contributed by atoms with Crippen LogP contribution in [0.25, 0.3) is 0 Å². The summed E-state index contributed by atoms with van der Waals surface area (Å²) in [6.07, 6.45) is 9.70. The molecule has 0 aromatic heterocycles. The molecule has 0 aliphatic heterocycles. The van der Waals surface area contributed by atoms with Crippen LogP contribution in [0.5, 0.6) is 0 Å². The van der Waals surface area contributed by atoms with Crippen molar-refractivity contribution in [3.05, 3.63) is 12.3 Å². The highest BCUT2D eigenvalue weighted by molar-refractivity contribution is 5.03. The third kappa shape index (κ3) is 2.31. The molecule has 1 heteroatoms. The lowest BCUT2D eigenvalue weighted by Crippen LogP contribution is -2.40. The van der Waals surface area contributed by atoms with Gasteiger partial charge >= 0.3 is 0 Å². The van der Waals surface area contributed by atoms with E-state index in [0.717, 1.165) is 17.9 Å². The van der Waals surface area contributed by atoms with E-state index in [1.165, 1.54) is 50.6 Å². The van der Waals surface area contributed by atoms with Crippen molar-refractivity contribution in [3.8, 4) is 0 Å². The zero-order chi connectivity index (χ0) is 9.97. The van der Waals surface area contributed by atoms with Crippen molar-refractivity contribution >= 4 is 0 Å². The van der Waals surface area contributed by atoms with Crippen LogP contribution in [0.1, 0.15) is 51.9 Å². The highest BCUT2D eigenvalue weighted by Gasteiger charge is 2.27. The van der Waals surface area contributed by atoms with Crippen LogP contribution in [0.2, 0.25) is 0 Å². The lowest BCUT2D eigenvalue weighted by atomic mass is 9.80. The number of hydrogen-bond donors (Lipinski definition) is 1. The first-order valence-corrected chi connectivity index (χ1v) is 6.21. The van der Waals surface area contributed by atoms with E-state index in [9.17, 15) is 0 Å². The average Bonchev–Trinajstić information content (AvgIpc) is 2.17. The molecule has 0 heterocycles. The molecule has 0 atom stereocenters. The van der Waals surface area contributed by atoms with Crippen LogP contribution in [0.4, 0.5) is 0 Å². The quantitative estimate of drug-likeness (QED) is 0.723. The van der Waals surface area contributed by atoms with Gasteiger partial charge in [0.25, 0.3) is 0 Å². The fourth-order valence-electron chi connectivity index (χ4n) is 2.85. The van der Waals surface area contributed by atoms with Gasteiger partial charge in [-0.05, 0) is 37.5 Å². The van der Waals surface area contributed by atoms with Crippen LogP contribution in [0.15, 0.2) is 12.3 Å². The van der Waals surface area contributed by atoms with E-state index >= 15 is 0 Å². The Bertz CT molecular complexity index is 197. The van der Waals surface area contributed by atoms with Crippen molar-refractivity contribution < 1.29 is 0 Å². The second kappa shape index (κ2) is 4.37. The molecular formula is C13H23N. The van der Waals surface area contributed by atoms with Gasteiger partial charge in [0.15, 0.2) is 0 Å². The van der Waals surface area contributed by atoms with Gasteiger partial charge in [-0.15, -0.1) is 0 Å². The van der Waals surface area contributed by atoms with Crippen molar-refractivity contribution in [2.75, 3.05) is 0 Å². The van der Waals surface area contributed by atoms with E-state index in [-0.39, 0.29) is 0 Å². The minimum absolute atomic E-state index is 0.749. The Morgan fingerprint density at radius 1 is 1.14 bits per heavy atom. The summed E-state index contributed by atoms with van der Waals surface area (Å²) in [5.74, 6) is 1.71. The second-order valence-electron chi connectivity index (χ2n) is 5.28. The van der Waals surface area contributed by atoms with Crippen LogP contribution < -0.4 is 5.32 Å². The highest BCUT2D eigenvalue weighted by Crippen LogP contribution is 2.31. The molecule has 2 saturated carbocycles. The monoisotopic (exact) mass is 193 g/mol. The van der Waals surface area contributed by atoms with Gasteiger partial charge in [-0.25, -0.2) is 0 Å². The van der Waals surface area contributed by atoms with Crippen molar-refractivity contribution in [1.82, 2.24) is 5.32 Å². The molecule has 2 rings (SSSR count). The minimum Gasteiger partial charge on any atom is -0.386 e. The van der Waals surface area contributed by atoms with Gasteiger partial charge in [0, 0.05) is 11.7 Å². The SMILES string of the molecule is C=C(NC1CC(C)C1)C1CCCCC1. The fourth-order valence-corrected chi connectivity index (χ4v) is 2.85. The van der Waals surface area contributed by atoms with Crippen LogP contribution in [0.3, 0.4) is 0 Å². The summed E-state index contributed by atoms with van der Waals surface area (Å²) in [5, 5.41) is 3.62. The van der Waals surface area contributed by atoms with Crippen molar-refractivity contribution in [2.45, 2.75) is 57.9 Å². The van der Waals surface area contributed by atoms with Crippen molar-refractivity contribution in [1.29, 1.82) is 0 Å². The van der Waals surface area contributed by atoms with E-state index in [2.05, 4.69) is 18.8 Å². The summed E-state index contributed by atoms with van der Waals surface area (Å²) in [7, 11) is 0. The Morgan fingerprint density at radius 3 is 2.36 bits per heavy atom. The first-order chi connectivity index (χ1) is 6.75. The lowest BCUT2D eigenvalue weighted by molar-refractivity contribution is 0.243. The smallest absolute Gasteiger partial charge is 0.0263 e. The highest BCUT2D eigenvalue weighted by atomic mass is 14.9. The third-order valence-corrected chi connectivity index (χ3v) is 3.86. The van der Waals surface area contributed by atoms with Gasteiger partial charge in [-0.3, -0.25) is 0 Å². The largest absolute Gasteiger partial charge is 0.386 e. The van der Waals surface area contributed by atoms with Crippen molar-refractivity contribution in [2.24, 2.45) is 11.8 Å². The van der Waals surface area contributed by atoms with Crippen LogP contribution in [-0.2, 0) is 0 Å². The lowest BCUT2D eigenvalue weighted by Gasteiger charge is -2.37. The standard InChI is InChI=1S/C13H23N/c1-10-8-13(9-10)14-11(2)12-6-4-3-5-7-12/h10,12-14H,2-9H2,1H3. The Hall–Kier alpha value is -0.460. The average molecular weight is 193 g/mol. The summed E-state index contributed by atoms with van der Waals surface area (Å²) in [6, 6.07) is 0.749. The van der Waals surface area contributed by atoms with Gasteiger partial charge < -0.3 is 5.32 Å². The maximum absolute atomic E-state index is 4.21. The maximum Gasteiger partial charge on any atom is 0.0263 e. The zero-order valence-corrected chi connectivity index (χ0v) is 9.39. The van der Waals surface area contributed by atoms with Gasteiger partial charge in [0.05, 0.1) is 0 Å². The van der Waals surface area contributed by atoms with Gasteiger partial charge in [0.1, 0.15) is 0 Å². The predicted molar refractivity (Wildman–Crippen MR) is 61.0 cm³/mol. The van der Waals surface area contributed by atoms with Gasteiger partial charge in [-0.2, -0.15) is 0 Å². The molecule has 0 unspecified atom stereocenters. The molecule has 1 nitrogen and oxygen atoms in total. The van der Waals surface area contributed by atoms with Crippen molar-refractivity contribution in [3.63, 3.8) is 0 Å². The number of nitrogens with one attached hydrogen (secondary N) is 1. The van der Waals surface area contributed by atoms with E-state index in [1.807, 2.05) is 0 Å². The van der Waals surface area contributed by atoms with E-state index in [0.29, 0.717) is 0 Å². The minimum atomic E-state index is 0.749. The van der Waals surface area contributed by atoms with Gasteiger partial charge in [-0.1, -0.05) is 32.8 Å². The summed E-state index contributed by atoms with van der Waals surface area (Å²) in [5.41, 5.74) is 1.33. The predicted octanol–water partition coefficient (Wildman–Crippen LogP) is 3.47. The molecule has 14 heavy (non-hydrogen) atoms. The summed E-state index contributed by atoms with van der Waals surface area (Å²) < 4.78 is 0. The molecule has 1 N–H and O–H groups in total. The summed E-state index contributed by atoms with van der Waals surface area (Å²) in [6.45, 7) is 6.55. The molecule has 80 valence electrons. The Kier molecular flexibility index (Phi) is 3.15. The number of hydrogen-bond acceptors (Lipinski definition) is 1. The second-order valence-corrected chi connectivity index (χ2v) is 5.28. The Labute approximate surface area is 88.0 Å². The molecule has 0 aromatic carbocycles. The topological polar surface area (TPSA) is 12.0 Å². The number of allylic oxidation sites excluding steroid dienone is 1. The van der Waals surface area contributed by atoms with Crippen LogP contribution in [-0.4, -0.2) is 6.04 Å². The molecule has 2 aliphatic carbocycles.